The van der Waals surface area contributed by atoms with Crippen molar-refractivity contribution in [1.29, 1.82) is 0 Å². The van der Waals surface area contributed by atoms with Crippen LogP contribution >= 0.6 is 0 Å². The number of hydrogen-bond acceptors (Lipinski definition) is 3. The average Bonchev–Trinajstić information content (AvgIpc) is 3.09. The molecule has 0 spiro atoms. The summed E-state index contributed by atoms with van der Waals surface area (Å²) in [5.41, 5.74) is 1.74. The topological polar surface area (TPSA) is 38.3 Å². The SMILES string of the molecule is O=C(CC1CC2CCC1C2)c1cccc2c1OCCN2. The average molecular weight is 271 g/mol. The van der Waals surface area contributed by atoms with Gasteiger partial charge >= 0.3 is 0 Å². The van der Waals surface area contributed by atoms with Gasteiger partial charge in [-0.15, -0.1) is 0 Å². The molecule has 3 unspecified atom stereocenters. The lowest BCUT2D eigenvalue weighted by atomic mass is 9.84. The molecule has 1 heterocycles. The Hall–Kier alpha value is -1.51. The second kappa shape index (κ2) is 4.80. The first kappa shape index (κ1) is 12.2. The summed E-state index contributed by atoms with van der Waals surface area (Å²) in [4.78, 5) is 12.6. The first-order valence-electron chi connectivity index (χ1n) is 7.84. The standard InChI is InChI=1S/C17H21NO2/c19-16(10-13-9-11-4-5-12(13)8-11)14-2-1-3-15-17(14)20-7-6-18-15/h1-3,11-13,18H,4-10H2. The van der Waals surface area contributed by atoms with E-state index in [0.717, 1.165) is 35.4 Å². The van der Waals surface area contributed by atoms with Gasteiger partial charge in [0, 0.05) is 13.0 Å². The highest BCUT2D eigenvalue weighted by molar-refractivity contribution is 6.00. The number of nitrogens with one attached hydrogen (secondary N) is 1. The summed E-state index contributed by atoms with van der Waals surface area (Å²) in [6.07, 6.45) is 6.07. The van der Waals surface area contributed by atoms with Crippen molar-refractivity contribution in [1.82, 2.24) is 0 Å². The number of carbonyl (C=O) groups is 1. The van der Waals surface area contributed by atoms with Crippen LogP contribution in [0.5, 0.6) is 5.75 Å². The van der Waals surface area contributed by atoms with E-state index in [1.807, 2.05) is 18.2 Å². The molecule has 0 amide bonds. The van der Waals surface area contributed by atoms with E-state index in [9.17, 15) is 4.79 Å². The summed E-state index contributed by atoms with van der Waals surface area (Å²) < 4.78 is 5.72. The Bertz CT molecular complexity index is 540. The maximum Gasteiger partial charge on any atom is 0.166 e. The molecule has 2 fully saturated rings. The Kier molecular flexibility index (Phi) is 2.94. The van der Waals surface area contributed by atoms with E-state index in [-0.39, 0.29) is 5.78 Å². The van der Waals surface area contributed by atoms with Gasteiger partial charge in [-0.25, -0.2) is 0 Å². The summed E-state index contributed by atoms with van der Waals surface area (Å²) in [7, 11) is 0. The van der Waals surface area contributed by atoms with Gasteiger partial charge in [-0.1, -0.05) is 12.5 Å². The summed E-state index contributed by atoms with van der Waals surface area (Å²) >= 11 is 0. The van der Waals surface area contributed by atoms with E-state index in [0.29, 0.717) is 18.9 Å². The fourth-order valence-corrected chi connectivity index (χ4v) is 4.36. The largest absolute Gasteiger partial charge is 0.489 e. The number of fused-ring (bicyclic) bond motifs is 3. The minimum atomic E-state index is 0.267. The van der Waals surface area contributed by atoms with Crippen molar-refractivity contribution < 1.29 is 9.53 Å². The molecule has 0 saturated heterocycles. The lowest BCUT2D eigenvalue weighted by molar-refractivity contribution is 0.0940. The van der Waals surface area contributed by atoms with Crippen LogP contribution in [0.25, 0.3) is 0 Å². The van der Waals surface area contributed by atoms with Gasteiger partial charge in [-0.3, -0.25) is 4.79 Å². The van der Waals surface area contributed by atoms with E-state index < -0.39 is 0 Å². The molecule has 20 heavy (non-hydrogen) atoms. The summed E-state index contributed by atoms with van der Waals surface area (Å²) in [6.45, 7) is 1.46. The molecule has 106 valence electrons. The summed E-state index contributed by atoms with van der Waals surface area (Å²) in [5.74, 6) is 3.37. The van der Waals surface area contributed by atoms with Crippen molar-refractivity contribution in [2.75, 3.05) is 18.5 Å². The van der Waals surface area contributed by atoms with Gasteiger partial charge in [0.2, 0.25) is 0 Å². The minimum Gasteiger partial charge on any atom is -0.489 e. The van der Waals surface area contributed by atoms with Gasteiger partial charge in [0.25, 0.3) is 0 Å². The van der Waals surface area contributed by atoms with Crippen molar-refractivity contribution in [2.45, 2.75) is 32.1 Å². The first-order valence-corrected chi connectivity index (χ1v) is 7.84. The van der Waals surface area contributed by atoms with Gasteiger partial charge in [0.05, 0.1) is 11.3 Å². The van der Waals surface area contributed by atoms with Crippen LogP contribution in [0.3, 0.4) is 0 Å². The van der Waals surface area contributed by atoms with Gasteiger partial charge in [-0.05, 0) is 49.1 Å². The third-order valence-electron chi connectivity index (χ3n) is 5.31. The maximum absolute atomic E-state index is 12.6. The van der Waals surface area contributed by atoms with Crippen LogP contribution in [0.4, 0.5) is 5.69 Å². The smallest absolute Gasteiger partial charge is 0.166 e. The van der Waals surface area contributed by atoms with Crippen LogP contribution in [-0.4, -0.2) is 18.9 Å². The van der Waals surface area contributed by atoms with Crippen LogP contribution in [0, 0.1) is 17.8 Å². The molecular formula is C17H21NO2. The molecule has 3 heteroatoms. The zero-order valence-electron chi connectivity index (χ0n) is 11.7. The number of anilines is 1. The third-order valence-corrected chi connectivity index (χ3v) is 5.31. The number of para-hydroxylation sites is 1. The second-order valence-electron chi connectivity index (χ2n) is 6.52. The fourth-order valence-electron chi connectivity index (χ4n) is 4.36. The molecule has 1 N–H and O–H groups in total. The molecule has 2 aliphatic carbocycles. The van der Waals surface area contributed by atoms with E-state index in [1.54, 1.807) is 0 Å². The predicted molar refractivity (Wildman–Crippen MR) is 78.3 cm³/mol. The molecule has 3 aliphatic rings. The Morgan fingerprint density at radius 2 is 2.25 bits per heavy atom. The van der Waals surface area contributed by atoms with Crippen LogP contribution in [0.1, 0.15) is 42.5 Å². The zero-order chi connectivity index (χ0) is 13.5. The highest BCUT2D eigenvalue weighted by atomic mass is 16.5. The zero-order valence-corrected chi connectivity index (χ0v) is 11.7. The van der Waals surface area contributed by atoms with Crippen molar-refractivity contribution >= 4 is 11.5 Å². The number of hydrogen-bond donors (Lipinski definition) is 1. The molecule has 1 aliphatic heterocycles. The lowest BCUT2D eigenvalue weighted by Gasteiger charge is -2.23. The predicted octanol–water partition coefficient (Wildman–Crippen LogP) is 3.50. The van der Waals surface area contributed by atoms with E-state index in [4.69, 9.17) is 4.74 Å². The third kappa shape index (κ3) is 2.00. The Morgan fingerprint density at radius 3 is 3.05 bits per heavy atom. The molecule has 1 aromatic rings. The maximum atomic E-state index is 12.6. The lowest BCUT2D eigenvalue weighted by Crippen LogP contribution is -2.21. The molecule has 2 saturated carbocycles. The number of Topliss-reactive ketones (excluding diaryl/α,β-unsaturated/α-hetero) is 1. The van der Waals surface area contributed by atoms with E-state index >= 15 is 0 Å². The molecule has 0 radical (unpaired) electrons. The van der Waals surface area contributed by atoms with Crippen LogP contribution in [0.2, 0.25) is 0 Å². The van der Waals surface area contributed by atoms with E-state index in [1.165, 1.54) is 25.7 Å². The Morgan fingerprint density at radius 1 is 1.30 bits per heavy atom. The Labute approximate surface area is 119 Å². The highest BCUT2D eigenvalue weighted by Crippen LogP contribution is 2.50. The van der Waals surface area contributed by atoms with E-state index in [2.05, 4.69) is 5.32 Å². The normalized spacial score (nSPS) is 30.5. The molecule has 4 rings (SSSR count). The van der Waals surface area contributed by atoms with Gasteiger partial charge in [0.1, 0.15) is 6.61 Å². The highest BCUT2D eigenvalue weighted by Gasteiger charge is 2.40. The van der Waals surface area contributed by atoms with Crippen LogP contribution in [0.15, 0.2) is 18.2 Å². The van der Waals surface area contributed by atoms with Crippen LogP contribution < -0.4 is 10.1 Å². The number of carbonyl (C=O) groups excluding carboxylic acids is 1. The Balaban J connectivity index is 1.54. The van der Waals surface area contributed by atoms with Gasteiger partial charge in [-0.2, -0.15) is 0 Å². The molecule has 3 nitrogen and oxygen atoms in total. The van der Waals surface area contributed by atoms with Gasteiger partial charge < -0.3 is 10.1 Å². The van der Waals surface area contributed by atoms with Crippen LogP contribution in [-0.2, 0) is 0 Å². The monoisotopic (exact) mass is 271 g/mol. The van der Waals surface area contributed by atoms with Crippen molar-refractivity contribution in [2.24, 2.45) is 17.8 Å². The van der Waals surface area contributed by atoms with Gasteiger partial charge in [0.15, 0.2) is 11.5 Å². The van der Waals surface area contributed by atoms with Crippen molar-refractivity contribution in [3.8, 4) is 5.75 Å². The quantitative estimate of drug-likeness (QED) is 0.855. The molecule has 1 aromatic carbocycles. The fraction of sp³-hybridized carbons (Fsp3) is 0.588. The second-order valence-corrected chi connectivity index (χ2v) is 6.52. The molecule has 0 aromatic heterocycles. The number of ether oxygens (including phenoxy) is 1. The number of ketones is 1. The molecular weight excluding hydrogens is 250 g/mol. The number of benzene rings is 1. The van der Waals surface area contributed by atoms with Crippen molar-refractivity contribution in [3.63, 3.8) is 0 Å². The van der Waals surface area contributed by atoms with Crippen molar-refractivity contribution in [3.05, 3.63) is 23.8 Å². The first-order chi connectivity index (χ1) is 9.81. The molecule has 2 bridgehead atoms. The summed E-state index contributed by atoms with van der Waals surface area (Å²) in [5, 5.41) is 3.30. The summed E-state index contributed by atoms with van der Waals surface area (Å²) in [6, 6.07) is 5.86. The minimum absolute atomic E-state index is 0.267. The number of rotatable bonds is 3. The molecule has 3 atom stereocenters.